The van der Waals surface area contributed by atoms with Crippen molar-refractivity contribution in [2.45, 2.75) is 46.6 Å². The molecule has 0 amide bonds. The zero-order chi connectivity index (χ0) is 13.8. The third-order valence-electron chi connectivity index (χ3n) is 4.58. The molecule has 1 aliphatic rings. The zero-order valence-corrected chi connectivity index (χ0v) is 12.5. The lowest BCUT2D eigenvalue weighted by Gasteiger charge is -2.24. The minimum atomic E-state index is 0.140. The predicted octanol–water partition coefficient (Wildman–Crippen LogP) is 3.75. The summed E-state index contributed by atoms with van der Waals surface area (Å²) >= 11 is 0. The highest BCUT2D eigenvalue weighted by molar-refractivity contribution is 5.50. The summed E-state index contributed by atoms with van der Waals surface area (Å²) in [6, 6.07) is 6.45. The van der Waals surface area contributed by atoms with Gasteiger partial charge in [-0.2, -0.15) is 0 Å². The number of aliphatic hydroxyl groups is 1. The van der Waals surface area contributed by atoms with Crippen LogP contribution < -0.4 is 4.90 Å². The third-order valence-corrected chi connectivity index (χ3v) is 4.58. The summed E-state index contributed by atoms with van der Waals surface area (Å²) in [7, 11) is 0. The average Bonchev–Trinajstić information content (AvgIpc) is 2.64. The summed E-state index contributed by atoms with van der Waals surface area (Å²) in [6.45, 7) is 9.26. The Morgan fingerprint density at radius 2 is 2.05 bits per heavy atom. The monoisotopic (exact) mass is 261 g/mol. The molecule has 2 heteroatoms. The van der Waals surface area contributed by atoms with Crippen LogP contribution in [-0.2, 0) is 6.61 Å². The highest BCUT2D eigenvalue weighted by Crippen LogP contribution is 2.28. The van der Waals surface area contributed by atoms with Gasteiger partial charge in [0, 0.05) is 18.8 Å². The third kappa shape index (κ3) is 3.50. The van der Waals surface area contributed by atoms with Gasteiger partial charge in [-0.15, -0.1) is 0 Å². The summed E-state index contributed by atoms with van der Waals surface area (Å²) in [4.78, 5) is 2.51. The Labute approximate surface area is 117 Å². The van der Waals surface area contributed by atoms with Crippen molar-refractivity contribution in [2.75, 3.05) is 18.0 Å². The number of hydrogen-bond acceptors (Lipinski definition) is 2. The van der Waals surface area contributed by atoms with Crippen molar-refractivity contribution in [3.8, 4) is 0 Å². The number of rotatable bonds is 3. The van der Waals surface area contributed by atoms with Gasteiger partial charge in [-0.1, -0.05) is 19.9 Å². The van der Waals surface area contributed by atoms with E-state index in [9.17, 15) is 5.11 Å². The van der Waals surface area contributed by atoms with Gasteiger partial charge >= 0.3 is 0 Å². The molecular formula is C17H27NO. The van der Waals surface area contributed by atoms with Crippen LogP contribution in [0.3, 0.4) is 0 Å². The summed E-state index contributed by atoms with van der Waals surface area (Å²) < 4.78 is 0. The van der Waals surface area contributed by atoms with Crippen LogP contribution in [0.2, 0.25) is 0 Å². The molecule has 1 saturated heterocycles. The van der Waals surface area contributed by atoms with E-state index in [-0.39, 0.29) is 6.61 Å². The molecule has 0 spiro atoms. The van der Waals surface area contributed by atoms with Gasteiger partial charge in [-0.05, 0) is 61.3 Å². The van der Waals surface area contributed by atoms with E-state index in [0.717, 1.165) is 17.4 Å². The minimum Gasteiger partial charge on any atom is -0.392 e. The Morgan fingerprint density at radius 3 is 2.68 bits per heavy atom. The second-order valence-corrected chi connectivity index (χ2v) is 6.19. The van der Waals surface area contributed by atoms with Gasteiger partial charge in [0.25, 0.3) is 0 Å². The van der Waals surface area contributed by atoms with Crippen LogP contribution >= 0.6 is 0 Å². The number of anilines is 1. The van der Waals surface area contributed by atoms with Crippen LogP contribution in [0.25, 0.3) is 0 Å². The molecule has 1 aliphatic heterocycles. The van der Waals surface area contributed by atoms with Gasteiger partial charge < -0.3 is 10.0 Å². The molecule has 19 heavy (non-hydrogen) atoms. The Kier molecular flexibility index (Phi) is 4.87. The van der Waals surface area contributed by atoms with Crippen molar-refractivity contribution in [3.05, 3.63) is 29.3 Å². The molecule has 2 rings (SSSR count). The lowest BCUT2D eigenvalue weighted by atomic mass is 9.89. The smallest absolute Gasteiger partial charge is 0.0684 e. The quantitative estimate of drug-likeness (QED) is 0.895. The van der Waals surface area contributed by atoms with Gasteiger partial charge in [0.05, 0.1) is 6.61 Å². The van der Waals surface area contributed by atoms with Crippen LogP contribution in [-0.4, -0.2) is 18.2 Å². The second kappa shape index (κ2) is 6.42. The first-order valence-corrected chi connectivity index (χ1v) is 7.57. The molecule has 1 N–H and O–H groups in total. The first-order valence-electron chi connectivity index (χ1n) is 7.57. The molecule has 0 bridgehead atoms. The van der Waals surface area contributed by atoms with Crippen molar-refractivity contribution in [2.24, 2.45) is 11.8 Å². The number of aryl methyl sites for hydroxylation is 1. The first kappa shape index (κ1) is 14.4. The van der Waals surface area contributed by atoms with Crippen molar-refractivity contribution in [1.29, 1.82) is 0 Å². The van der Waals surface area contributed by atoms with Gasteiger partial charge in [0.2, 0.25) is 0 Å². The minimum absolute atomic E-state index is 0.140. The molecule has 1 heterocycles. The molecular weight excluding hydrogens is 234 g/mol. The van der Waals surface area contributed by atoms with Crippen molar-refractivity contribution in [1.82, 2.24) is 0 Å². The van der Waals surface area contributed by atoms with Gasteiger partial charge in [-0.3, -0.25) is 0 Å². The Morgan fingerprint density at radius 1 is 1.26 bits per heavy atom. The molecule has 0 aliphatic carbocycles. The van der Waals surface area contributed by atoms with Crippen molar-refractivity contribution >= 4 is 5.69 Å². The molecule has 0 saturated carbocycles. The maximum absolute atomic E-state index is 9.25. The normalized spacial score (nSPS) is 20.7. The largest absolute Gasteiger partial charge is 0.392 e. The van der Waals surface area contributed by atoms with Crippen LogP contribution in [0.4, 0.5) is 5.69 Å². The van der Waals surface area contributed by atoms with Crippen LogP contribution in [0.5, 0.6) is 0 Å². The summed E-state index contributed by atoms with van der Waals surface area (Å²) in [5.41, 5.74) is 3.56. The van der Waals surface area contributed by atoms with Crippen molar-refractivity contribution in [3.63, 3.8) is 0 Å². The number of hydrogen-bond donors (Lipinski definition) is 1. The summed E-state index contributed by atoms with van der Waals surface area (Å²) in [5, 5.41) is 9.25. The molecule has 1 aromatic rings. The number of benzene rings is 1. The number of aliphatic hydroxyl groups excluding tert-OH is 1. The highest BCUT2D eigenvalue weighted by atomic mass is 16.3. The second-order valence-electron chi connectivity index (χ2n) is 6.19. The van der Waals surface area contributed by atoms with E-state index < -0.39 is 0 Å². The maximum Gasteiger partial charge on any atom is 0.0684 e. The lowest BCUT2D eigenvalue weighted by molar-refractivity contribution is 0.281. The molecule has 1 aromatic carbocycles. The van der Waals surface area contributed by atoms with Gasteiger partial charge in [0.15, 0.2) is 0 Å². The molecule has 1 atom stereocenters. The van der Waals surface area contributed by atoms with E-state index in [2.05, 4.69) is 43.9 Å². The molecule has 106 valence electrons. The van der Waals surface area contributed by atoms with E-state index in [1.165, 1.54) is 43.6 Å². The lowest BCUT2D eigenvalue weighted by Crippen LogP contribution is -2.24. The van der Waals surface area contributed by atoms with E-state index in [1.807, 2.05) is 0 Å². The molecule has 1 unspecified atom stereocenters. The molecule has 0 radical (unpaired) electrons. The molecule has 1 fully saturated rings. The fourth-order valence-electron chi connectivity index (χ4n) is 3.10. The maximum atomic E-state index is 9.25. The standard InChI is InChI=1S/C17H27NO/c1-13(2)15-5-4-9-18(10-8-15)17-7-6-16(12-19)14(3)11-17/h6-7,11,13,15,19H,4-5,8-10,12H2,1-3H3. The Balaban J connectivity index is 2.08. The first-order chi connectivity index (χ1) is 9.11. The fraction of sp³-hybridized carbons (Fsp3) is 0.647. The molecule has 2 nitrogen and oxygen atoms in total. The zero-order valence-electron chi connectivity index (χ0n) is 12.5. The Bertz CT molecular complexity index is 414. The van der Waals surface area contributed by atoms with Gasteiger partial charge in [0.1, 0.15) is 0 Å². The topological polar surface area (TPSA) is 23.5 Å². The predicted molar refractivity (Wildman–Crippen MR) is 81.5 cm³/mol. The van der Waals surface area contributed by atoms with Gasteiger partial charge in [-0.25, -0.2) is 0 Å². The highest BCUT2D eigenvalue weighted by Gasteiger charge is 2.19. The van der Waals surface area contributed by atoms with E-state index in [1.54, 1.807) is 0 Å². The summed E-state index contributed by atoms with van der Waals surface area (Å²) in [6.07, 6.45) is 3.96. The Hall–Kier alpha value is -1.02. The fourth-order valence-corrected chi connectivity index (χ4v) is 3.10. The average molecular weight is 261 g/mol. The number of nitrogens with zero attached hydrogens (tertiary/aromatic N) is 1. The van der Waals surface area contributed by atoms with Crippen LogP contribution in [0.1, 0.15) is 44.2 Å². The van der Waals surface area contributed by atoms with Crippen LogP contribution in [0.15, 0.2) is 18.2 Å². The van der Waals surface area contributed by atoms with E-state index >= 15 is 0 Å². The van der Waals surface area contributed by atoms with E-state index in [0.29, 0.717) is 0 Å². The molecule has 0 aromatic heterocycles. The van der Waals surface area contributed by atoms with E-state index in [4.69, 9.17) is 0 Å². The SMILES string of the molecule is Cc1cc(N2CCCC(C(C)C)CC2)ccc1CO. The van der Waals surface area contributed by atoms with Crippen molar-refractivity contribution < 1.29 is 5.11 Å². The van der Waals surface area contributed by atoms with Crippen LogP contribution in [0, 0.1) is 18.8 Å². The summed E-state index contributed by atoms with van der Waals surface area (Å²) in [5.74, 6) is 1.68.